The van der Waals surface area contributed by atoms with Gasteiger partial charge >= 0.3 is 11.9 Å². The molecule has 6 heteroatoms. The third kappa shape index (κ3) is 5.22. The fourth-order valence-electron chi connectivity index (χ4n) is 1.08. The predicted octanol–water partition coefficient (Wildman–Crippen LogP) is 1.98. The molecule has 1 aromatic rings. The zero-order valence-electron chi connectivity index (χ0n) is 9.24. The Morgan fingerprint density at radius 3 is 2.28 bits per heavy atom. The van der Waals surface area contributed by atoms with Gasteiger partial charge in [-0.25, -0.2) is 9.59 Å². The minimum Gasteiger partial charge on any atom is -0.478 e. The lowest BCUT2D eigenvalue weighted by Crippen LogP contribution is -1.96. The SMILES string of the molecule is C1=Cc2ccccc2SN1.O=C(O)/C=C\C(=O)O. The molecule has 0 aliphatic carbocycles. The Labute approximate surface area is 108 Å². The molecular weight excluding hydrogens is 254 g/mol. The molecule has 1 heterocycles. The second-order valence-electron chi connectivity index (χ2n) is 3.10. The monoisotopic (exact) mass is 265 g/mol. The van der Waals surface area contributed by atoms with E-state index in [0.29, 0.717) is 12.2 Å². The third-order valence-electron chi connectivity index (χ3n) is 1.79. The fraction of sp³-hybridized carbons (Fsp3) is 0. The highest BCUT2D eigenvalue weighted by Gasteiger charge is 2.00. The maximum atomic E-state index is 9.55. The van der Waals surface area contributed by atoms with E-state index in [4.69, 9.17) is 10.2 Å². The number of hydrogen-bond donors (Lipinski definition) is 3. The number of hydrogen-bond acceptors (Lipinski definition) is 4. The second kappa shape index (κ2) is 7.18. The third-order valence-corrected chi connectivity index (χ3v) is 2.63. The van der Waals surface area contributed by atoms with Crippen molar-refractivity contribution in [2.45, 2.75) is 4.90 Å². The summed E-state index contributed by atoms with van der Waals surface area (Å²) >= 11 is 1.65. The minimum atomic E-state index is -1.26. The van der Waals surface area contributed by atoms with Gasteiger partial charge in [-0.2, -0.15) is 0 Å². The summed E-state index contributed by atoms with van der Waals surface area (Å²) in [6.07, 6.45) is 5.14. The highest BCUT2D eigenvalue weighted by molar-refractivity contribution is 7.97. The van der Waals surface area contributed by atoms with E-state index in [1.54, 1.807) is 11.9 Å². The maximum absolute atomic E-state index is 9.55. The molecule has 0 amide bonds. The number of carboxylic acid groups (broad SMARTS) is 2. The largest absolute Gasteiger partial charge is 0.478 e. The van der Waals surface area contributed by atoms with Crippen LogP contribution in [0.4, 0.5) is 0 Å². The van der Waals surface area contributed by atoms with Gasteiger partial charge in [0.25, 0.3) is 0 Å². The van der Waals surface area contributed by atoms with Crippen LogP contribution in [0.3, 0.4) is 0 Å². The molecule has 0 saturated heterocycles. The normalized spacial score (nSPS) is 12.0. The standard InChI is InChI=1S/C8H7NS.C4H4O4/c1-2-4-8-7(3-1)5-6-9-10-8;5-3(6)1-2-4(7)8/h1-6,9H;1-2H,(H,5,6)(H,7,8)/b;2-1-. The summed E-state index contributed by atoms with van der Waals surface area (Å²) in [7, 11) is 0. The number of benzene rings is 1. The summed E-state index contributed by atoms with van der Waals surface area (Å²) in [6.45, 7) is 0. The van der Waals surface area contributed by atoms with Gasteiger partial charge in [0, 0.05) is 23.2 Å². The Morgan fingerprint density at radius 2 is 1.72 bits per heavy atom. The van der Waals surface area contributed by atoms with E-state index in [1.165, 1.54) is 10.5 Å². The topological polar surface area (TPSA) is 86.6 Å². The molecule has 0 unspecified atom stereocenters. The number of nitrogens with one attached hydrogen (secondary N) is 1. The van der Waals surface area contributed by atoms with Gasteiger partial charge < -0.3 is 14.9 Å². The summed E-state index contributed by atoms with van der Waals surface area (Å²) in [5.74, 6) is -2.51. The predicted molar refractivity (Wildman–Crippen MR) is 68.9 cm³/mol. The van der Waals surface area contributed by atoms with Crippen molar-refractivity contribution in [2.24, 2.45) is 0 Å². The van der Waals surface area contributed by atoms with Crippen LogP contribution in [-0.2, 0) is 9.59 Å². The van der Waals surface area contributed by atoms with Gasteiger partial charge in [0.1, 0.15) is 0 Å². The molecule has 94 valence electrons. The average Bonchev–Trinajstić information content (AvgIpc) is 2.37. The van der Waals surface area contributed by atoms with E-state index in [-0.39, 0.29) is 0 Å². The van der Waals surface area contributed by atoms with Crippen LogP contribution in [0, 0.1) is 0 Å². The zero-order valence-corrected chi connectivity index (χ0v) is 10.1. The Morgan fingerprint density at radius 1 is 1.11 bits per heavy atom. The van der Waals surface area contributed by atoms with Crippen LogP contribution in [0.2, 0.25) is 0 Å². The van der Waals surface area contributed by atoms with Crippen molar-refractivity contribution in [3.8, 4) is 0 Å². The summed E-state index contributed by atoms with van der Waals surface area (Å²) in [5, 5.41) is 15.6. The van der Waals surface area contributed by atoms with Crippen LogP contribution in [0.5, 0.6) is 0 Å². The average molecular weight is 265 g/mol. The Kier molecular flexibility index (Phi) is 5.53. The number of aliphatic carboxylic acids is 2. The molecule has 0 aromatic heterocycles. The first-order valence-corrected chi connectivity index (χ1v) is 5.73. The van der Waals surface area contributed by atoms with Gasteiger partial charge in [-0.3, -0.25) is 0 Å². The van der Waals surface area contributed by atoms with Gasteiger partial charge in [-0.1, -0.05) is 18.2 Å². The van der Waals surface area contributed by atoms with Gasteiger partial charge in [0.2, 0.25) is 0 Å². The Bertz CT molecular complexity index is 481. The van der Waals surface area contributed by atoms with E-state index in [1.807, 2.05) is 12.3 Å². The molecule has 0 spiro atoms. The zero-order chi connectivity index (χ0) is 13.4. The number of carboxylic acids is 2. The van der Waals surface area contributed by atoms with E-state index in [9.17, 15) is 9.59 Å². The van der Waals surface area contributed by atoms with E-state index >= 15 is 0 Å². The molecule has 5 nitrogen and oxygen atoms in total. The molecule has 1 aromatic carbocycles. The van der Waals surface area contributed by atoms with Gasteiger partial charge in [-0.15, -0.1) is 0 Å². The first-order valence-electron chi connectivity index (χ1n) is 4.91. The first-order chi connectivity index (χ1) is 8.59. The molecule has 3 N–H and O–H groups in total. The molecule has 1 aliphatic heterocycles. The highest BCUT2D eigenvalue weighted by Crippen LogP contribution is 2.23. The van der Waals surface area contributed by atoms with Crippen molar-refractivity contribution in [1.82, 2.24) is 4.72 Å². The quantitative estimate of drug-likeness (QED) is 0.560. The van der Waals surface area contributed by atoms with Crippen molar-refractivity contribution in [1.29, 1.82) is 0 Å². The lowest BCUT2D eigenvalue weighted by molar-refractivity contribution is -0.134. The summed E-state index contributed by atoms with van der Waals surface area (Å²) < 4.78 is 3.08. The Hall–Kier alpha value is -2.21. The van der Waals surface area contributed by atoms with Crippen LogP contribution in [0.1, 0.15) is 5.56 Å². The van der Waals surface area contributed by atoms with Crippen LogP contribution in [0.15, 0.2) is 47.5 Å². The molecule has 18 heavy (non-hydrogen) atoms. The second-order valence-corrected chi connectivity index (χ2v) is 3.98. The summed E-state index contributed by atoms with van der Waals surface area (Å²) in [4.78, 5) is 20.4. The van der Waals surface area contributed by atoms with Crippen molar-refractivity contribution in [3.63, 3.8) is 0 Å². The first kappa shape index (κ1) is 13.9. The van der Waals surface area contributed by atoms with Gasteiger partial charge in [0.05, 0.1) is 0 Å². The van der Waals surface area contributed by atoms with Crippen molar-refractivity contribution >= 4 is 30.0 Å². The summed E-state index contributed by atoms with van der Waals surface area (Å²) in [6, 6.07) is 8.32. The smallest absolute Gasteiger partial charge is 0.328 e. The summed E-state index contributed by atoms with van der Waals surface area (Å²) in [5.41, 5.74) is 1.30. The van der Waals surface area contributed by atoms with Gasteiger partial charge in [-0.05, 0) is 29.7 Å². The number of fused-ring (bicyclic) bond motifs is 1. The number of carbonyl (C=O) groups is 2. The van der Waals surface area contributed by atoms with Gasteiger partial charge in [0.15, 0.2) is 0 Å². The van der Waals surface area contributed by atoms with Crippen LogP contribution in [-0.4, -0.2) is 22.2 Å². The molecule has 2 rings (SSSR count). The van der Waals surface area contributed by atoms with Crippen LogP contribution < -0.4 is 4.72 Å². The van der Waals surface area contributed by atoms with Crippen LogP contribution in [0.25, 0.3) is 6.08 Å². The maximum Gasteiger partial charge on any atom is 0.328 e. The van der Waals surface area contributed by atoms with Crippen molar-refractivity contribution in [3.05, 3.63) is 48.2 Å². The molecular formula is C12H11NO4S. The fourth-order valence-corrected chi connectivity index (χ4v) is 1.74. The lowest BCUT2D eigenvalue weighted by Gasteiger charge is -2.08. The molecule has 0 bridgehead atoms. The minimum absolute atomic E-state index is 0.558. The molecule has 0 atom stereocenters. The Balaban J connectivity index is 0.000000187. The van der Waals surface area contributed by atoms with E-state index in [2.05, 4.69) is 29.0 Å². The molecule has 0 radical (unpaired) electrons. The molecule has 0 fully saturated rings. The molecule has 1 aliphatic rings. The van der Waals surface area contributed by atoms with Crippen molar-refractivity contribution < 1.29 is 19.8 Å². The lowest BCUT2D eigenvalue weighted by atomic mass is 10.2. The van der Waals surface area contributed by atoms with Crippen LogP contribution >= 0.6 is 11.9 Å². The molecule has 0 saturated carbocycles. The van der Waals surface area contributed by atoms with E-state index in [0.717, 1.165) is 0 Å². The van der Waals surface area contributed by atoms with E-state index < -0.39 is 11.9 Å². The van der Waals surface area contributed by atoms with Crippen molar-refractivity contribution in [2.75, 3.05) is 0 Å². The number of rotatable bonds is 2. The highest BCUT2D eigenvalue weighted by atomic mass is 32.2.